The van der Waals surface area contributed by atoms with Crippen LogP contribution in [0.25, 0.3) is 21.9 Å². The van der Waals surface area contributed by atoms with Crippen molar-refractivity contribution in [2.24, 2.45) is 11.8 Å². The highest BCUT2D eigenvalue weighted by Gasteiger charge is 2.30. The summed E-state index contributed by atoms with van der Waals surface area (Å²) in [5, 5.41) is 14.7. The Morgan fingerprint density at radius 2 is 1.77 bits per heavy atom. The van der Waals surface area contributed by atoms with E-state index >= 15 is 0 Å². The number of nitrogens with zero attached hydrogens (tertiary/aromatic N) is 2. The molecule has 0 radical (unpaired) electrons. The maximum Gasteiger partial charge on any atom is 0.414 e. The van der Waals surface area contributed by atoms with E-state index in [9.17, 15) is 14.3 Å². The zero-order valence-corrected chi connectivity index (χ0v) is 26.6. The molecule has 2 aliphatic heterocycles. The summed E-state index contributed by atoms with van der Waals surface area (Å²) in [7, 11) is 0. The van der Waals surface area contributed by atoms with Crippen LogP contribution in [0.2, 0.25) is 0 Å². The minimum atomic E-state index is -0.482. The molecule has 2 saturated heterocycles. The van der Waals surface area contributed by atoms with E-state index in [4.69, 9.17) is 13.9 Å². The van der Waals surface area contributed by atoms with Crippen LogP contribution >= 0.6 is 24.8 Å². The molecule has 0 spiro atoms. The number of aliphatic hydroxyl groups excluding tert-OH is 1. The van der Waals surface area contributed by atoms with Gasteiger partial charge in [-0.1, -0.05) is 19.9 Å². The number of amides is 1. The van der Waals surface area contributed by atoms with E-state index in [0.29, 0.717) is 34.4 Å². The van der Waals surface area contributed by atoms with Crippen LogP contribution in [0.3, 0.4) is 0 Å². The number of hydrogen-bond acceptors (Lipinski definition) is 7. The van der Waals surface area contributed by atoms with Gasteiger partial charge < -0.3 is 39.1 Å². The van der Waals surface area contributed by atoms with Crippen molar-refractivity contribution in [1.29, 1.82) is 0 Å². The van der Waals surface area contributed by atoms with Crippen LogP contribution in [0.5, 0.6) is 11.6 Å². The lowest BCUT2D eigenvalue weighted by molar-refractivity contribution is -0.0109. The third kappa shape index (κ3) is 7.79. The normalized spacial score (nSPS) is 21.5. The predicted octanol–water partition coefficient (Wildman–Crippen LogP) is 5.98. The van der Waals surface area contributed by atoms with Gasteiger partial charge in [-0.3, -0.25) is 0 Å². The number of carbonyl (C=O) groups excluding carboxylic acids is 1. The summed E-state index contributed by atoms with van der Waals surface area (Å²) in [6.45, 7) is 10.2. The lowest BCUT2D eigenvalue weighted by Gasteiger charge is -2.40. The van der Waals surface area contributed by atoms with E-state index in [2.05, 4.69) is 33.9 Å². The van der Waals surface area contributed by atoms with Gasteiger partial charge in [-0.25, -0.2) is 9.18 Å². The Balaban J connectivity index is 0.00000221. The number of aromatic nitrogens is 1. The highest BCUT2D eigenvalue weighted by atomic mass is 35.5. The van der Waals surface area contributed by atoms with Crippen LogP contribution in [0, 0.1) is 17.7 Å². The molecule has 0 bridgehead atoms. The van der Waals surface area contributed by atoms with Crippen LogP contribution in [0.15, 0.2) is 53.1 Å². The fraction of sp³-hybridized carbons (Fsp3) is 0.469. The molecule has 3 N–H and O–H groups in total. The second-order valence-electron chi connectivity index (χ2n) is 11.9. The first-order chi connectivity index (χ1) is 20.3. The molecule has 2 aliphatic rings. The van der Waals surface area contributed by atoms with Crippen molar-refractivity contribution in [2.75, 3.05) is 39.3 Å². The molecule has 0 unspecified atom stereocenters. The number of likely N-dealkylation sites (tertiary alicyclic amines) is 2. The Kier molecular flexibility index (Phi) is 11.4. The molecular formula is C32H41Cl2FN4O5. The van der Waals surface area contributed by atoms with Crippen LogP contribution in [0.4, 0.5) is 9.18 Å². The van der Waals surface area contributed by atoms with Gasteiger partial charge in [0.1, 0.15) is 23.8 Å². The van der Waals surface area contributed by atoms with Crippen molar-refractivity contribution in [3.8, 4) is 11.6 Å². The first-order valence-electron chi connectivity index (χ1n) is 14.8. The summed E-state index contributed by atoms with van der Waals surface area (Å²) in [6, 6.07) is 11.8. The third-order valence-electron chi connectivity index (χ3n) is 8.70. The van der Waals surface area contributed by atoms with Gasteiger partial charge in [0.25, 0.3) is 0 Å². The number of rotatable bonds is 8. The average molecular weight is 652 g/mol. The van der Waals surface area contributed by atoms with Gasteiger partial charge in [0.2, 0.25) is 5.88 Å². The molecule has 2 aromatic carbocycles. The van der Waals surface area contributed by atoms with Crippen molar-refractivity contribution in [3.05, 3.63) is 60.1 Å². The number of piperidine rings is 2. The molecule has 0 saturated carbocycles. The number of H-pyrrole nitrogens is 1. The second-order valence-corrected chi connectivity index (χ2v) is 11.9. The molecule has 3 atom stereocenters. The number of furan rings is 1. The number of fused-ring (bicyclic) bond motifs is 2. The van der Waals surface area contributed by atoms with Crippen molar-refractivity contribution in [2.45, 2.75) is 45.4 Å². The van der Waals surface area contributed by atoms with Gasteiger partial charge in [0.05, 0.1) is 17.9 Å². The Hall–Kier alpha value is -3.02. The zero-order valence-electron chi connectivity index (χ0n) is 25.0. The highest BCUT2D eigenvalue weighted by molar-refractivity contribution is 5.88. The Morgan fingerprint density at radius 3 is 2.52 bits per heavy atom. The predicted molar refractivity (Wildman–Crippen MR) is 173 cm³/mol. The maximum absolute atomic E-state index is 13.7. The molecule has 2 aromatic heterocycles. The van der Waals surface area contributed by atoms with Gasteiger partial charge >= 0.3 is 6.09 Å². The Morgan fingerprint density at radius 1 is 1.05 bits per heavy atom. The van der Waals surface area contributed by atoms with Gasteiger partial charge in [-0.15, -0.1) is 24.8 Å². The quantitative estimate of drug-likeness (QED) is 0.216. The highest BCUT2D eigenvalue weighted by Crippen LogP contribution is 2.31. The van der Waals surface area contributed by atoms with E-state index in [-0.39, 0.29) is 49.4 Å². The molecule has 0 aliphatic carbocycles. The lowest BCUT2D eigenvalue weighted by atomic mass is 9.88. The fourth-order valence-corrected chi connectivity index (χ4v) is 6.33. The van der Waals surface area contributed by atoms with E-state index in [1.165, 1.54) is 12.1 Å². The van der Waals surface area contributed by atoms with Crippen molar-refractivity contribution >= 4 is 52.8 Å². The molecule has 4 heterocycles. The van der Waals surface area contributed by atoms with E-state index < -0.39 is 6.09 Å². The van der Waals surface area contributed by atoms with E-state index in [1.54, 1.807) is 18.4 Å². The van der Waals surface area contributed by atoms with Crippen LogP contribution in [-0.2, 0) is 6.61 Å². The monoisotopic (exact) mass is 650 g/mol. The summed E-state index contributed by atoms with van der Waals surface area (Å²) < 4.78 is 30.9. The number of aromatic amines is 1. The Labute approximate surface area is 268 Å². The van der Waals surface area contributed by atoms with Crippen molar-refractivity contribution in [3.63, 3.8) is 0 Å². The van der Waals surface area contributed by atoms with Crippen molar-refractivity contribution < 1.29 is 28.2 Å². The molecule has 2 fully saturated rings. The van der Waals surface area contributed by atoms with Crippen LogP contribution in [-0.4, -0.2) is 77.4 Å². The molecule has 240 valence electrons. The molecule has 12 heteroatoms. The SMILES string of the molecule is C[C@@H]1CN(CCN2CCC(NC(=O)Oc3cc4c(OCc5coc6ccc(F)cc56)cccc4[nH]3)CC2)C[C@H](C)[C@H]1O.Cl.Cl. The molecule has 4 aromatic rings. The average Bonchev–Trinajstić information content (AvgIpc) is 3.57. The number of carbonyl (C=O) groups is 1. The number of benzene rings is 2. The van der Waals surface area contributed by atoms with Gasteiger partial charge in [-0.05, 0) is 55.0 Å². The maximum atomic E-state index is 13.7. The summed E-state index contributed by atoms with van der Waals surface area (Å²) in [4.78, 5) is 20.8. The third-order valence-corrected chi connectivity index (χ3v) is 8.70. The summed E-state index contributed by atoms with van der Waals surface area (Å²) in [6.07, 6.45) is 2.64. The van der Waals surface area contributed by atoms with Crippen LogP contribution in [0.1, 0.15) is 32.3 Å². The van der Waals surface area contributed by atoms with Gasteiger partial charge in [0.15, 0.2) is 0 Å². The van der Waals surface area contributed by atoms with Crippen LogP contribution < -0.4 is 14.8 Å². The Bertz CT molecular complexity index is 1530. The van der Waals surface area contributed by atoms with Gasteiger partial charge in [0, 0.05) is 67.7 Å². The second kappa shape index (κ2) is 14.8. The molecule has 1 amide bonds. The first kappa shape index (κ1) is 33.9. The number of hydrogen-bond donors (Lipinski definition) is 3. The van der Waals surface area contributed by atoms with Crippen molar-refractivity contribution in [1.82, 2.24) is 20.1 Å². The smallest absolute Gasteiger partial charge is 0.414 e. The number of halogens is 3. The zero-order chi connectivity index (χ0) is 29.2. The lowest BCUT2D eigenvalue weighted by Crippen LogP contribution is -2.51. The number of nitrogens with one attached hydrogen (secondary N) is 2. The number of ether oxygens (including phenoxy) is 2. The molecular weight excluding hydrogens is 610 g/mol. The summed E-state index contributed by atoms with van der Waals surface area (Å²) >= 11 is 0. The summed E-state index contributed by atoms with van der Waals surface area (Å²) in [5.41, 5.74) is 2.12. The minimum absolute atomic E-state index is 0. The molecule has 6 rings (SSSR count). The standard InChI is InChI=1S/C32H39FN4O5.2ClH/c1-20-16-37(17-21(2)31(20)38)13-12-36-10-8-24(9-11-36)34-32(39)42-30-15-26-27(35-30)4-3-5-28(26)40-18-22-19-41-29-7-6-23(33)14-25(22)29;;/h3-7,14-15,19-21,24,31,35,38H,8-13,16-18H2,1-2H3,(H,34,39);2*1H/t20-,21+,31+;;. The van der Waals surface area contributed by atoms with E-state index in [0.717, 1.165) is 68.6 Å². The fourth-order valence-electron chi connectivity index (χ4n) is 6.33. The molecule has 9 nitrogen and oxygen atoms in total. The first-order valence-corrected chi connectivity index (χ1v) is 14.8. The largest absolute Gasteiger partial charge is 0.488 e. The van der Waals surface area contributed by atoms with Gasteiger partial charge in [-0.2, -0.15) is 0 Å². The molecule has 44 heavy (non-hydrogen) atoms. The summed E-state index contributed by atoms with van der Waals surface area (Å²) in [5.74, 6) is 1.23. The topological polar surface area (TPSA) is 103 Å². The minimum Gasteiger partial charge on any atom is -0.488 e. The van der Waals surface area contributed by atoms with E-state index in [1.807, 2.05) is 18.2 Å². The number of aliphatic hydroxyl groups is 1.